The van der Waals surface area contributed by atoms with E-state index in [0.717, 1.165) is 25.9 Å². The van der Waals surface area contributed by atoms with Crippen LogP contribution < -0.4 is 5.73 Å². The third-order valence-electron chi connectivity index (χ3n) is 1.54. The van der Waals surface area contributed by atoms with Crippen LogP contribution in [0.4, 0.5) is 0 Å². The van der Waals surface area contributed by atoms with Gasteiger partial charge in [0.05, 0.1) is 6.61 Å². The Morgan fingerprint density at radius 3 is 2.64 bits per heavy atom. The molecule has 4 heteroatoms. The van der Waals surface area contributed by atoms with E-state index in [-0.39, 0.29) is 0 Å². The highest BCUT2D eigenvalue weighted by molar-refractivity contribution is 4.51. The Hall–Kier alpha value is -0.160. The first-order valence-electron chi connectivity index (χ1n) is 3.96. The first kappa shape index (κ1) is 10.8. The fraction of sp³-hybridized carbons (Fsp3) is 1.00. The van der Waals surface area contributed by atoms with Crippen LogP contribution in [0.15, 0.2) is 0 Å². The summed E-state index contributed by atoms with van der Waals surface area (Å²) in [5.74, 6) is 0. The van der Waals surface area contributed by atoms with Crippen LogP contribution in [0.2, 0.25) is 0 Å². The van der Waals surface area contributed by atoms with E-state index in [4.69, 9.17) is 11.0 Å². The number of nitrogens with two attached hydrogens (primary N) is 1. The maximum atomic E-state index is 8.00. The molecule has 11 heavy (non-hydrogen) atoms. The molecule has 0 rings (SSSR count). The minimum atomic E-state index is 0.427. The molecule has 0 saturated heterocycles. The highest BCUT2D eigenvalue weighted by Crippen LogP contribution is 1.91. The molecule has 3 N–H and O–H groups in total. The standard InChI is InChI=1S/C7H18N2O2/c1-9(6-4-8)5-2-3-7-11-10/h10H,2-8H2,1H3. The van der Waals surface area contributed by atoms with Crippen molar-refractivity contribution in [1.82, 2.24) is 4.90 Å². The average molecular weight is 162 g/mol. The summed E-state index contributed by atoms with van der Waals surface area (Å²) in [6, 6.07) is 0. The molecule has 0 radical (unpaired) electrons. The molecular formula is C7H18N2O2. The number of likely N-dealkylation sites (N-methyl/N-ethyl adjacent to an activating group) is 1. The quantitative estimate of drug-likeness (QED) is 0.318. The van der Waals surface area contributed by atoms with Gasteiger partial charge in [-0.3, -0.25) is 5.26 Å². The first-order chi connectivity index (χ1) is 5.31. The van der Waals surface area contributed by atoms with E-state index < -0.39 is 0 Å². The van der Waals surface area contributed by atoms with Crippen molar-refractivity contribution in [2.45, 2.75) is 12.8 Å². The van der Waals surface area contributed by atoms with Crippen LogP contribution in [0.5, 0.6) is 0 Å². The summed E-state index contributed by atoms with van der Waals surface area (Å²) in [4.78, 5) is 6.10. The molecule has 0 aromatic heterocycles. The van der Waals surface area contributed by atoms with Crippen LogP contribution in [0, 0.1) is 0 Å². The van der Waals surface area contributed by atoms with Crippen molar-refractivity contribution in [3.63, 3.8) is 0 Å². The lowest BCUT2D eigenvalue weighted by atomic mass is 10.3. The summed E-state index contributed by atoms with van der Waals surface area (Å²) >= 11 is 0. The molecule has 0 saturated carbocycles. The van der Waals surface area contributed by atoms with Gasteiger partial charge in [0.25, 0.3) is 0 Å². The normalized spacial score (nSPS) is 10.9. The van der Waals surface area contributed by atoms with Crippen LogP contribution in [-0.2, 0) is 4.89 Å². The zero-order chi connectivity index (χ0) is 8.53. The lowest BCUT2D eigenvalue weighted by Crippen LogP contribution is -2.26. The van der Waals surface area contributed by atoms with Gasteiger partial charge in [0.15, 0.2) is 0 Å². The van der Waals surface area contributed by atoms with Gasteiger partial charge in [-0.1, -0.05) is 0 Å². The fourth-order valence-corrected chi connectivity index (χ4v) is 0.881. The van der Waals surface area contributed by atoms with Crippen molar-refractivity contribution in [3.05, 3.63) is 0 Å². The van der Waals surface area contributed by atoms with Gasteiger partial charge in [0, 0.05) is 13.1 Å². The monoisotopic (exact) mass is 162 g/mol. The smallest absolute Gasteiger partial charge is 0.0820 e. The predicted octanol–water partition coefficient (Wildman–Crippen LogP) is 0.147. The maximum absolute atomic E-state index is 8.00. The van der Waals surface area contributed by atoms with E-state index in [0.29, 0.717) is 13.2 Å². The van der Waals surface area contributed by atoms with Crippen molar-refractivity contribution >= 4 is 0 Å². The zero-order valence-corrected chi connectivity index (χ0v) is 7.12. The number of nitrogens with zero attached hydrogens (tertiary/aromatic N) is 1. The highest BCUT2D eigenvalue weighted by Gasteiger charge is 1.95. The predicted molar refractivity (Wildman–Crippen MR) is 44.4 cm³/mol. The van der Waals surface area contributed by atoms with Gasteiger partial charge in [-0.05, 0) is 26.4 Å². The fourth-order valence-electron chi connectivity index (χ4n) is 0.881. The van der Waals surface area contributed by atoms with Crippen LogP contribution in [0.25, 0.3) is 0 Å². The Labute approximate surface area is 67.9 Å². The van der Waals surface area contributed by atoms with Gasteiger partial charge in [-0.25, -0.2) is 4.89 Å². The van der Waals surface area contributed by atoms with E-state index in [9.17, 15) is 0 Å². The van der Waals surface area contributed by atoms with Gasteiger partial charge in [0.1, 0.15) is 0 Å². The van der Waals surface area contributed by atoms with Crippen molar-refractivity contribution in [1.29, 1.82) is 0 Å². The summed E-state index contributed by atoms with van der Waals surface area (Å²) in [5, 5.41) is 8.00. The Kier molecular flexibility index (Phi) is 7.83. The van der Waals surface area contributed by atoms with Gasteiger partial charge in [0.2, 0.25) is 0 Å². The molecule has 0 spiro atoms. The molecule has 0 atom stereocenters. The first-order valence-corrected chi connectivity index (χ1v) is 3.96. The minimum absolute atomic E-state index is 0.427. The second-order valence-electron chi connectivity index (χ2n) is 2.63. The molecule has 0 aliphatic carbocycles. The molecule has 0 amide bonds. The van der Waals surface area contributed by atoms with Crippen molar-refractivity contribution in [2.24, 2.45) is 5.73 Å². The Morgan fingerprint density at radius 1 is 1.36 bits per heavy atom. The molecule has 0 aliphatic rings. The van der Waals surface area contributed by atoms with Crippen LogP contribution in [-0.4, -0.2) is 43.4 Å². The van der Waals surface area contributed by atoms with Crippen molar-refractivity contribution in [2.75, 3.05) is 33.3 Å². The lowest BCUT2D eigenvalue weighted by Gasteiger charge is -2.14. The summed E-state index contributed by atoms with van der Waals surface area (Å²) in [7, 11) is 2.03. The lowest BCUT2D eigenvalue weighted by molar-refractivity contribution is -0.242. The zero-order valence-electron chi connectivity index (χ0n) is 7.12. The Bertz CT molecular complexity index is 80.8. The number of hydrogen-bond donors (Lipinski definition) is 2. The Balaban J connectivity index is 2.97. The van der Waals surface area contributed by atoms with Gasteiger partial charge in [-0.15, -0.1) is 0 Å². The summed E-state index contributed by atoms with van der Waals surface area (Å²) in [6.45, 7) is 3.07. The largest absolute Gasteiger partial charge is 0.329 e. The third kappa shape index (κ3) is 7.74. The van der Waals surface area contributed by atoms with Crippen LogP contribution in [0.1, 0.15) is 12.8 Å². The van der Waals surface area contributed by atoms with Gasteiger partial charge in [-0.2, -0.15) is 0 Å². The summed E-state index contributed by atoms with van der Waals surface area (Å²) in [5.41, 5.74) is 5.35. The van der Waals surface area contributed by atoms with E-state index in [1.54, 1.807) is 0 Å². The second-order valence-corrected chi connectivity index (χ2v) is 2.63. The minimum Gasteiger partial charge on any atom is -0.329 e. The molecule has 0 aromatic rings. The van der Waals surface area contributed by atoms with E-state index in [1.165, 1.54) is 0 Å². The molecule has 0 aliphatic heterocycles. The van der Waals surface area contributed by atoms with Crippen LogP contribution in [0.3, 0.4) is 0 Å². The van der Waals surface area contributed by atoms with E-state index in [1.807, 2.05) is 7.05 Å². The summed E-state index contributed by atoms with van der Waals surface area (Å²) < 4.78 is 0. The van der Waals surface area contributed by atoms with Gasteiger partial charge >= 0.3 is 0 Å². The molecule has 0 bridgehead atoms. The summed E-state index contributed by atoms with van der Waals surface area (Å²) in [6.07, 6.45) is 1.93. The van der Waals surface area contributed by atoms with E-state index in [2.05, 4.69) is 9.79 Å². The SMILES string of the molecule is CN(CCN)CCCCOO. The Morgan fingerprint density at radius 2 is 2.09 bits per heavy atom. The highest BCUT2D eigenvalue weighted by atomic mass is 17.1. The van der Waals surface area contributed by atoms with Crippen molar-refractivity contribution in [3.8, 4) is 0 Å². The number of rotatable bonds is 7. The number of unbranched alkanes of at least 4 members (excludes halogenated alkanes) is 1. The molecule has 4 nitrogen and oxygen atoms in total. The molecule has 0 unspecified atom stereocenters. The van der Waals surface area contributed by atoms with E-state index >= 15 is 0 Å². The van der Waals surface area contributed by atoms with Crippen molar-refractivity contribution < 1.29 is 10.1 Å². The molecule has 0 aromatic carbocycles. The molecular weight excluding hydrogens is 144 g/mol. The second kappa shape index (κ2) is 7.94. The van der Waals surface area contributed by atoms with Gasteiger partial charge < -0.3 is 10.6 Å². The van der Waals surface area contributed by atoms with Crippen LogP contribution >= 0.6 is 0 Å². The maximum Gasteiger partial charge on any atom is 0.0820 e. The molecule has 68 valence electrons. The third-order valence-corrected chi connectivity index (χ3v) is 1.54. The molecule has 0 heterocycles. The average Bonchev–Trinajstić information content (AvgIpc) is 1.99. The molecule has 0 fully saturated rings. The number of hydrogen-bond acceptors (Lipinski definition) is 4. The topological polar surface area (TPSA) is 58.7 Å².